The van der Waals surface area contributed by atoms with Crippen LogP contribution in [-0.2, 0) is 11.2 Å². The van der Waals surface area contributed by atoms with Gasteiger partial charge < -0.3 is 10.1 Å². The summed E-state index contributed by atoms with van der Waals surface area (Å²) in [5.74, 6) is 0. The summed E-state index contributed by atoms with van der Waals surface area (Å²) in [6.45, 7) is 2.67. The van der Waals surface area contributed by atoms with Crippen molar-refractivity contribution in [3.05, 3.63) is 18.0 Å². The summed E-state index contributed by atoms with van der Waals surface area (Å²) < 4.78 is 7.15. The summed E-state index contributed by atoms with van der Waals surface area (Å²) in [7, 11) is 1.73. The Morgan fingerprint density at radius 3 is 3.00 bits per heavy atom. The number of nitrogens with zero attached hydrogens (tertiary/aromatic N) is 2. The van der Waals surface area contributed by atoms with Gasteiger partial charge in [0.25, 0.3) is 0 Å². The molecule has 0 aromatic carbocycles. The van der Waals surface area contributed by atoms with E-state index >= 15 is 0 Å². The van der Waals surface area contributed by atoms with Crippen LogP contribution in [0.1, 0.15) is 37.4 Å². The lowest BCUT2D eigenvalue weighted by Crippen LogP contribution is -2.21. The molecule has 1 saturated carbocycles. The van der Waals surface area contributed by atoms with Crippen molar-refractivity contribution in [1.29, 1.82) is 0 Å². The first-order chi connectivity index (χ1) is 8.40. The van der Waals surface area contributed by atoms with Gasteiger partial charge in [0.05, 0.1) is 18.3 Å². The second-order valence-corrected chi connectivity index (χ2v) is 4.72. The summed E-state index contributed by atoms with van der Waals surface area (Å²) in [6.07, 6.45) is 8.46. The molecule has 0 atom stereocenters. The van der Waals surface area contributed by atoms with Crippen molar-refractivity contribution >= 4 is 0 Å². The molecule has 0 radical (unpaired) electrons. The topological polar surface area (TPSA) is 39.1 Å². The molecule has 96 valence electrons. The molecular weight excluding hydrogens is 214 g/mol. The molecule has 17 heavy (non-hydrogen) atoms. The van der Waals surface area contributed by atoms with Crippen molar-refractivity contribution in [1.82, 2.24) is 15.1 Å². The molecular formula is C13H23N3O. The number of ether oxygens (including phenoxy) is 1. The molecule has 0 unspecified atom stereocenters. The Balaban J connectivity index is 1.70. The van der Waals surface area contributed by atoms with Crippen molar-refractivity contribution in [2.75, 3.05) is 26.8 Å². The predicted molar refractivity (Wildman–Crippen MR) is 68.2 cm³/mol. The summed E-state index contributed by atoms with van der Waals surface area (Å²) in [6, 6.07) is 2.81. The molecule has 0 saturated heterocycles. The van der Waals surface area contributed by atoms with Crippen LogP contribution >= 0.6 is 0 Å². The number of hydrogen-bond acceptors (Lipinski definition) is 3. The largest absolute Gasteiger partial charge is 0.383 e. The number of methoxy groups -OCH3 is 1. The highest BCUT2D eigenvalue weighted by Crippen LogP contribution is 2.28. The maximum absolute atomic E-state index is 4.98. The molecule has 2 rings (SSSR count). The van der Waals surface area contributed by atoms with E-state index in [9.17, 15) is 0 Å². The fourth-order valence-corrected chi connectivity index (χ4v) is 2.40. The highest BCUT2D eigenvalue weighted by Gasteiger charge is 2.17. The molecule has 0 aliphatic heterocycles. The van der Waals surface area contributed by atoms with Gasteiger partial charge in [-0.25, -0.2) is 0 Å². The molecule has 0 amide bonds. The first kappa shape index (κ1) is 12.6. The predicted octanol–water partition coefficient (Wildman–Crippen LogP) is 1.78. The van der Waals surface area contributed by atoms with Crippen molar-refractivity contribution in [2.24, 2.45) is 0 Å². The Labute approximate surface area is 103 Å². The fraction of sp³-hybridized carbons (Fsp3) is 0.769. The number of rotatable bonds is 7. The first-order valence-corrected chi connectivity index (χ1v) is 6.64. The van der Waals surface area contributed by atoms with Gasteiger partial charge in [-0.05, 0) is 18.9 Å². The zero-order valence-corrected chi connectivity index (χ0v) is 10.7. The maximum atomic E-state index is 4.98. The number of hydrogen-bond donors (Lipinski definition) is 1. The Hall–Kier alpha value is -0.870. The van der Waals surface area contributed by atoms with Crippen LogP contribution in [0.5, 0.6) is 0 Å². The van der Waals surface area contributed by atoms with Gasteiger partial charge in [0, 0.05) is 32.8 Å². The van der Waals surface area contributed by atoms with E-state index in [0.29, 0.717) is 6.04 Å². The van der Waals surface area contributed by atoms with Gasteiger partial charge >= 0.3 is 0 Å². The zero-order chi connectivity index (χ0) is 11.9. The van der Waals surface area contributed by atoms with E-state index in [1.807, 2.05) is 0 Å². The van der Waals surface area contributed by atoms with Crippen molar-refractivity contribution in [3.8, 4) is 0 Å². The van der Waals surface area contributed by atoms with Crippen LogP contribution in [0.4, 0.5) is 0 Å². The molecule has 1 heterocycles. The van der Waals surface area contributed by atoms with Crippen LogP contribution in [0, 0.1) is 0 Å². The third-order valence-corrected chi connectivity index (χ3v) is 3.40. The minimum absolute atomic E-state index is 0.658. The molecule has 4 nitrogen and oxygen atoms in total. The monoisotopic (exact) mass is 237 g/mol. The third kappa shape index (κ3) is 3.82. The van der Waals surface area contributed by atoms with Crippen LogP contribution in [0.15, 0.2) is 12.3 Å². The van der Waals surface area contributed by atoms with Gasteiger partial charge in [-0.2, -0.15) is 5.10 Å². The van der Waals surface area contributed by atoms with Crippen LogP contribution < -0.4 is 5.32 Å². The molecule has 1 fully saturated rings. The van der Waals surface area contributed by atoms with E-state index < -0.39 is 0 Å². The first-order valence-electron chi connectivity index (χ1n) is 6.64. The van der Waals surface area contributed by atoms with Crippen molar-refractivity contribution in [2.45, 2.75) is 38.1 Å². The normalized spacial score (nSPS) is 16.8. The van der Waals surface area contributed by atoms with E-state index in [1.165, 1.54) is 31.4 Å². The molecule has 0 spiro atoms. The van der Waals surface area contributed by atoms with E-state index in [2.05, 4.69) is 27.4 Å². The van der Waals surface area contributed by atoms with E-state index in [0.717, 1.165) is 26.1 Å². The molecule has 1 aliphatic rings. The smallest absolute Gasteiger partial charge is 0.0637 e. The highest BCUT2D eigenvalue weighted by molar-refractivity contribution is 5.00. The Morgan fingerprint density at radius 2 is 2.24 bits per heavy atom. The minimum Gasteiger partial charge on any atom is -0.383 e. The standard InChI is InChI=1S/C13H23N3O/c1-17-11-9-14-8-6-12-7-10-16(15-12)13-4-2-3-5-13/h7,10,13-14H,2-6,8-9,11H2,1H3. The van der Waals surface area contributed by atoms with Gasteiger partial charge in [0.15, 0.2) is 0 Å². The molecule has 4 heteroatoms. The minimum atomic E-state index is 0.658. The lowest BCUT2D eigenvalue weighted by Gasteiger charge is -2.08. The molecule has 1 N–H and O–H groups in total. The lowest BCUT2D eigenvalue weighted by molar-refractivity contribution is 0.199. The Kier molecular flexibility index (Phi) is 5.01. The average Bonchev–Trinajstić information content (AvgIpc) is 2.99. The van der Waals surface area contributed by atoms with E-state index in [-0.39, 0.29) is 0 Å². The third-order valence-electron chi connectivity index (χ3n) is 3.40. The number of aromatic nitrogens is 2. The number of nitrogens with one attached hydrogen (secondary N) is 1. The lowest BCUT2D eigenvalue weighted by atomic mass is 10.3. The zero-order valence-electron chi connectivity index (χ0n) is 10.7. The van der Waals surface area contributed by atoms with E-state index in [1.54, 1.807) is 7.11 Å². The molecule has 1 aromatic rings. The SMILES string of the molecule is COCCNCCc1ccn(C2CCCC2)n1. The van der Waals surface area contributed by atoms with Gasteiger partial charge in [0.2, 0.25) is 0 Å². The average molecular weight is 237 g/mol. The second-order valence-electron chi connectivity index (χ2n) is 4.72. The van der Waals surface area contributed by atoms with E-state index in [4.69, 9.17) is 4.74 Å². The van der Waals surface area contributed by atoms with Crippen LogP contribution in [0.3, 0.4) is 0 Å². The maximum Gasteiger partial charge on any atom is 0.0637 e. The Bertz CT molecular complexity index is 318. The summed E-state index contributed by atoms with van der Waals surface area (Å²) in [4.78, 5) is 0. The van der Waals surface area contributed by atoms with Crippen LogP contribution in [0.2, 0.25) is 0 Å². The van der Waals surface area contributed by atoms with Gasteiger partial charge in [-0.1, -0.05) is 12.8 Å². The van der Waals surface area contributed by atoms with Gasteiger partial charge in [-0.15, -0.1) is 0 Å². The quantitative estimate of drug-likeness (QED) is 0.735. The van der Waals surface area contributed by atoms with Crippen LogP contribution in [-0.4, -0.2) is 36.6 Å². The summed E-state index contributed by atoms with van der Waals surface area (Å²) >= 11 is 0. The summed E-state index contributed by atoms with van der Waals surface area (Å²) in [5, 5.41) is 7.99. The highest BCUT2D eigenvalue weighted by atomic mass is 16.5. The molecule has 1 aromatic heterocycles. The van der Waals surface area contributed by atoms with Crippen molar-refractivity contribution in [3.63, 3.8) is 0 Å². The summed E-state index contributed by atoms with van der Waals surface area (Å²) in [5.41, 5.74) is 1.20. The van der Waals surface area contributed by atoms with Crippen molar-refractivity contribution < 1.29 is 4.74 Å². The van der Waals surface area contributed by atoms with Gasteiger partial charge in [0.1, 0.15) is 0 Å². The molecule has 1 aliphatic carbocycles. The second kappa shape index (κ2) is 6.77. The fourth-order valence-electron chi connectivity index (χ4n) is 2.40. The molecule has 0 bridgehead atoms. The Morgan fingerprint density at radius 1 is 1.41 bits per heavy atom. The van der Waals surface area contributed by atoms with Crippen LogP contribution in [0.25, 0.3) is 0 Å². The van der Waals surface area contributed by atoms with Gasteiger partial charge in [-0.3, -0.25) is 4.68 Å².